The molecule has 1 unspecified atom stereocenters. The quantitative estimate of drug-likeness (QED) is 0.356. The number of rotatable bonds is 6. The first-order chi connectivity index (χ1) is 17.5. The van der Waals surface area contributed by atoms with Crippen molar-refractivity contribution in [3.05, 3.63) is 118 Å². The summed E-state index contributed by atoms with van der Waals surface area (Å²) < 4.78 is 5.76. The summed E-state index contributed by atoms with van der Waals surface area (Å²) in [5.41, 5.74) is 5.14. The minimum atomic E-state index is -0.671. The Balaban J connectivity index is 1.46. The van der Waals surface area contributed by atoms with Crippen LogP contribution in [0.15, 0.2) is 101 Å². The van der Waals surface area contributed by atoms with E-state index in [2.05, 4.69) is 12.1 Å². The Kier molecular flexibility index (Phi) is 7.15. The topological polar surface area (TPSA) is 55.7 Å². The van der Waals surface area contributed by atoms with E-state index >= 15 is 0 Å². The molecule has 0 bridgehead atoms. The highest BCUT2D eigenvalue weighted by molar-refractivity contribution is 6.30. The monoisotopic (exact) mass is 497 g/mol. The highest BCUT2D eigenvalue weighted by Crippen LogP contribution is 2.47. The zero-order valence-electron chi connectivity index (χ0n) is 20.2. The van der Waals surface area contributed by atoms with Gasteiger partial charge in [0.15, 0.2) is 5.78 Å². The summed E-state index contributed by atoms with van der Waals surface area (Å²) in [4.78, 5) is 31.9. The molecule has 1 heterocycles. The average Bonchev–Trinajstić information content (AvgIpc) is 2.89. The molecule has 3 aromatic carbocycles. The predicted molar refractivity (Wildman–Crippen MR) is 142 cm³/mol. The molecule has 0 fully saturated rings. The Labute approximate surface area is 216 Å². The Hall–Kier alpha value is -3.50. The van der Waals surface area contributed by atoms with Gasteiger partial charge in [-0.25, -0.2) is 0 Å². The number of Topliss-reactive ketones (excluding diaryl/α,β-unsaturated/α-hetero) is 1. The number of benzene rings is 3. The molecule has 0 radical (unpaired) electrons. The predicted octanol–water partition coefficient (Wildman–Crippen LogP) is 6.70. The van der Waals surface area contributed by atoms with Crippen LogP contribution in [0.3, 0.4) is 0 Å². The van der Waals surface area contributed by atoms with Crippen molar-refractivity contribution in [3.63, 3.8) is 0 Å². The van der Waals surface area contributed by atoms with Crippen molar-refractivity contribution in [3.8, 4) is 0 Å². The van der Waals surface area contributed by atoms with Crippen LogP contribution in [0.1, 0.15) is 48.3 Å². The fourth-order valence-corrected chi connectivity index (χ4v) is 5.59. The molecule has 0 amide bonds. The van der Waals surface area contributed by atoms with Crippen molar-refractivity contribution in [2.75, 3.05) is 6.61 Å². The van der Waals surface area contributed by atoms with Crippen molar-refractivity contribution in [1.82, 2.24) is 0 Å². The highest BCUT2D eigenvalue weighted by Gasteiger charge is 2.44. The number of aliphatic imine (C=N–C) groups is 1. The van der Waals surface area contributed by atoms with Gasteiger partial charge < -0.3 is 4.74 Å². The van der Waals surface area contributed by atoms with E-state index in [1.807, 2.05) is 73.7 Å². The number of ether oxygens (including phenoxy) is 1. The minimum Gasteiger partial charge on any atom is -0.465 e. The molecule has 1 aliphatic carbocycles. The molecular weight excluding hydrogens is 470 g/mol. The summed E-state index contributed by atoms with van der Waals surface area (Å²) in [6.45, 7) is 2.13. The third-order valence-corrected chi connectivity index (χ3v) is 7.33. The molecule has 4 nitrogen and oxygen atoms in total. The Morgan fingerprint density at radius 2 is 1.64 bits per heavy atom. The molecule has 0 saturated carbocycles. The van der Waals surface area contributed by atoms with Crippen molar-refractivity contribution < 1.29 is 14.3 Å². The lowest BCUT2D eigenvalue weighted by Crippen LogP contribution is -2.38. The Morgan fingerprint density at radius 1 is 0.944 bits per heavy atom. The summed E-state index contributed by atoms with van der Waals surface area (Å²) in [5.74, 6) is -1.39. The highest BCUT2D eigenvalue weighted by atomic mass is 35.5. The van der Waals surface area contributed by atoms with Crippen molar-refractivity contribution in [1.29, 1.82) is 0 Å². The van der Waals surface area contributed by atoms with Gasteiger partial charge in [0, 0.05) is 40.8 Å². The van der Waals surface area contributed by atoms with Gasteiger partial charge >= 0.3 is 5.97 Å². The molecule has 3 aromatic rings. The number of hydrogen-bond donors (Lipinski definition) is 0. The van der Waals surface area contributed by atoms with Gasteiger partial charge in [-0.2, -0.15) is 0 Å². The summed E-state index contributed by atoms with van der Waals surface area (Å²) in [6, 6.07) is 27.4. The number of carbonyl (C=O) groups excluding carboxylic acids is 2. The third kappa shape index (κ3) is 5.05. The van der Waals surface area contributed by atoms with E-state index < -0.39 is 11.8 Å². The number of carbonyl (C=O) groups is 2. The molecule has 182 valence electrons. The largest absolute Gasteiger partial charge is 0.465 e. The van der Waals surface area contributed by atoms with Gasteiger partial charge in [0.05, 0.1) is 6.61 Å². The van der Waals surface area contributed by atoms with Crippen LogP contribution >= 0.6 is 11.6 Å². The van der Waals surface area contributed by atoms with Crippen LogP contribution in [0.5, 0.6) is 0 Å². The van der Waals surface area contributed by atoms with Crippen LogP contribution in [0.25, 0.3) is 0 Å². The number of allylic oxidation sites excluding steroid dienone is 2. The van der Waals surface area contributed by atoms with Crippen LogP contribution in [-0.4, -0.2) is 24.1 Å². The molecule has 0 spiro atoms. The van der Waals surface area contributed by atoms with Gasteiger partial charge in [0.1, 0.15) is 5.92 Å². The van der Waals surface area contributed by atoms with Crippen molar-refractivity contribution >= 4 is 29.1 Å². The van der Waals surface area contributed by atoms with Gasteiger partial charge in [-0.1, -0.05) is 84.4 Å². The number of esters is 1. The smallest absolute Gasteiger partial charge is 0.315 e. The molecule has 5 rings (SSSR count). The maximum Gasteiger partial charge on any atom is 0.315 e. The summed E-state index contributed by atoms with van der Waals surface area (Å²) >= 11 is 6.35. The van der Waals surface area contributed by atoms with Crippen LogP contribution in [-0.2, 0) is 20.7 Å². The number of nitrogens with zero attached hydrogens (tertiary/aromatic N) is 1. The molecule has 3 atom stereocenters. The van der Waals surface area contributed by atoms with Crippen LogP contribution in [0.4, 0.5) is 0 Å². The molecule has 0 saturated heterocycles. The Bertz CT molecular complexity index is 1330. The number of halogens is 1. The summed E-state index contributed by atoms with van der Waals surface area (Å²) in [5, 5.41) is 0.566. The first-order valence-corrected chi connectivity index (χ1v) is 12.7. The van der Waals surface area contributed by atoms with E-state index in [0.717, 1.165) is 22.4 Å². The molecule has 36 heavy (non-hydrogen) atoms. The second kappa shape index (κ2) is 10.6. The van der Waals surface area contributed by atoms with E-state index in [1.165, 1.54) is 0 Å². The second-order valence-electron chi connectivity index (χ2n) is 9.47. The SMILES string of the molecule is CC1=NC2=C(C(=O)C[C@@H](c3ccccc3)C2)[C@H](c2cccc(Cl)c2)C1C(=O)OCCc1ccccc1. The van der Waals surface area contributed by atoms with E-state index in [4.69, 9.17) is 21.3 Å². The Morgan fingerprint density at radius 3 is 2.36 bits per heavy atom. The van der Waals surface area contributed by atoms with E-state index in [0.29, 0.717) is 35.6 Å². The van der Waals surface area contributed by atoms with E-state index in [-0.39, 0.29) is 24.3 Å². The molecule has 2 aliphatic rings. The first-order valence-electron chi connectivity index (χ1n) is 12.3. The second-order valence-corrected chi connectivity index (χ2v) is 9.90. The van der Waals surface area contributed by atoms with Crippen molar-refractivity contribution in [2.24, 2.45) is 10.9 Å². The molecule has 0 N–H and O–H groups in total. The normalized spacial score (nSPS) is 21.6. The van der Waals surface area contributed by atoms with Gasteiger partial charge in [0.2, 0.25) is 0 Å². The van der Waals surface area contributed by atoms with Crippen LogP contribution in [0.2, 0.25) is 5.02 Å². The number of hydrogen-bond acceptors (Lipinski definition) is 4. The standard InChI is InChI=1S/C31H28ClNO3/c1-20-28(31(35)36-16-15-21-9-4-2-5-10-21)29(23-13-8-14-25(32)17-23)30-26(33-20)18-24(19-27(30)34)22-11-6-3-7-12-22/h2-14,17,24,28-29H,15-16,18-19H2,1H3/t24-,28?,29+/m0/s1. The zero-order valence-corrected chi connectivity index (χ0v) is 20.9. The lowest BCUT2D eigenvalue weighted by atomic mass is 9.69. The molecule has 0 aromatic heterocycles. The van der Waals surface area contributed by atoms with Crippen LogP contribution < -0.4 is 0 Å². The van der Waals surface area contributed by atoms with Gasteiger partial charge in [0.25, 0.3) is 0 Å². The fraction of sp³-hybridized carbons (Fsp3) is 0.258. The molecular formula is C31H28ClNO3. The lowest BCUT2D eigenvalue weighted by Gasteiger charge is -2.36. The van der Waals surface area contributed by atoms with Crippen molar-refractivity contribution in [2.45, 2.75) is 38.0 Å². The third-order valence-electron chi connectivity index (χ3n) is 7.10. The number of ketones is 1. The summed E-state index contributed by atoms with van der Waals surface area (Å²) in [7, 11) is 0. The average molecular weight is 498 g/mol. The van der Waals surface area contributed by atoms with Gasteiger partial charge in [-0.05, 0) is 48.1 Å². The maximum absolute atomic E-state index is 13.6. The fourth-order valence-electron chi connectivity index (χ4n) is 5.39. The summed E-state index contributed by atoms with van der Waals surface area (Å²) in [6.07, 6.45) is 1.68. The van der Waals surface area contributed by atoms with E-state index in [9.17, 15) is 9.59 Å². The molecule has 1 aliphatic heterocycles. The molecule has 5 heteroatoms. The zero-order chi connectivity index (χ0) is 25.1. The van der Waals surface area contributed by atoms with Gasteiger partial charge in [-0.15, -0.1) is 0 Å². The van der Waals surface area contributed by atoms with E-state index in [1.54, 1.807) is 6.07 Å². The maximum atomic E-state index is 13.6. The van der Waals surface area contributed by atoms with Gasteiger partial charge in [-0.3, -0.25) is 14.6 Å². The lowest BCUT2D eigenvalue weighted by molar-refractivity contribution is -0.146. The first kappa shape index (κ1) is 24.2. The van der Waals surface area contributed by atoms with Crippen LogP contribution in [0, 0.1) is 5.92 Å². The minimum absolute atomic E-state index is 0.0356.